The quantitative estimate of drug-likeness (QED) is 0.693. The number of benzene rings is 1. The molecule has 0 spiro atoms. The van der Waals surface area contributed by atoms with Gasteiger partial charge in [0.2, 0.25) is 0 Å². The van der Waals surface area contributed by atoms with E-state index in [9.17, 15) is 0 Å². The summed E-state index contributed by atoms with van der Waals surface area (Å²) in [7, 11) is 3.33. The highest BCUT2D eigenvalue weighted by Crippen LogP contribution is 2.41. The van der Waals surface area contributed by atoms with Crippen LogP contribution in [0.5, 0.6) is 11.5 Å². The van der Waals surface area contributed by atoms with E-state index >= 15 is 0 Å². The lowest BCUT2D eigenvalue weighted by Gasteiger charge is -2.17. The summed E-state index contributed by atoms with van der Waals surface area (Å²) < 4.78 is 10.8. The number of hydrogen-bond donors (Lipinski definition) is 0. The molecule has 0 radical (unpaired) electrons. The third-order valence-corrected chi connectivity index (χ3v) is 5.72. The van der Waals surface area contributed by atoms with Crippen molar-refractivity contribution >= 4 is 27.3 Å². The average molecular weight is 355 g/mol. The number of thiophene rings is 1. The summed E-state index contributed by atoms with van der Waals surface area (Å²) >= 11 is 5.63. The predicted molar refractivity (Wildman–Crippen MR) is 88.8 cm³/mol. The van der Waals surface area contributed by atoms with E-state index in [2.05, 4.69) is 47.3 Å². The molecule has 0 saturated carbocycles. The van der Waals surface area contributed by atoms with Crippen LogP contribution in [-0.2, 0) is 6.42 Å². The van der Waals surface area contributed by atoms with E-state index in [1.165, 1.54) is 21.6 Å². The number of ether oxygens (including phenoxy) is 2. The SMILES string of the molecule is CCc1ccsc1C(Br)c1cc(OC)c(OC)cc1C. The molecule has 1 heterocycles. The monoisotopic (exact) mass is 354 g/mol. The zero-order chi connectivity index (χ0) is 14.7. The van der Waals surface area contributed by atoms with E-state index in [0.717, 1.165) is 17.9 Å². The van der Waals surface area contributed by atoms with Gasteiger partial charge in [0.25, 0.3) is 0 Å². The summed E-state index contributed by atoms with van der Waals surface area (Å²) in [6.07, 6.45) is 1.05. The molecule has 1 atom stereocenters. The summed E-state index contributed by atoms with van der Waals surface area (Å²) in [4.78, 5) is 1.56. The second-order valence-corrected chi connectivity index (χ2v) is 6.45. The van der Waals surface area contributed by atoms with Crippen LogP contribution in [-0.4, -0.2) is 14.2 Å². The van der Waals surface area contributed by atoms with Crippen molar-refractivity contribution in [2.45, 2.75) is 25.1 Å². The molecular weight excluding hydrogens is 336 g/mol. The first kappa shape index (κ1) is 15.4. The Kier molecular flexibility index (Phi) is 5.11. The van der Waals surface area contributed by atoms with Gasteiger partial charge in [-0.25, -0.2) is 0 Å². The van der Waals surface area contributed by atoms with Crippen molar-refractivity contribution in [3.63, 3.8) is 0 Å². The molecular formula is C16H19BrO2S. The largest absolute Gasteiger partial charge is 0.493 e. The van der Waals surface area contributed by atoms with Crippen molar-refractivity contribution < 1.29 is 9.47 Å². The lowest BCUT2D eigenvalue weighted by atomic mass is 10.0. The third kappa shape index (κ3) is 2.86. The Labute approximate surface area is 132 Å². The van der Waals surface area contributed by atoms with Gasteiger partial charge in [-0.1, -0.05) is 22.9 Å². The second kappa shape index (κ2) is 6.64. The first-order chi connectivity index (χ1) is 9.62. The zero-order valence-electron chi connectivity index (χ0n) is 12.2. The number of alkyl halides is 1. The molecule has 1 unspecified atom stereocenters. The van der Waals surface area contributed by atoms with Crippen molar-refractivity contribution in [2.75, 3.05) is 14.2 Å². The fourth-order valence-electron chi connectivity index (χ4n) is 2.27. The number of hydrogen-bond acceptors (Lipinski definition) is 3. The summed E-state index contributed by atoms with van der Waals surface area (Å²) in [6, 6.07) is 6.29. The third-order valence-electron chi connectivity index (χ3n) is 3.44. The number of aryl methyl sites for hydroxylation is 2. The molecule has 2 aromatic rings. The minimum atomic E-state index is 0.192. The van der Waals surface area contributed by atoms with Crippen LogP contribution in [0.1, 0.15) is 33.3 Å². The molecule has 4 heteroatoms. The molecule has 0 amide bonds. The molecule has 0 saturated heterocycles. The van der Waals surface area contributed by atoms with E-state index in [1.807, 2.05) is 6.07 Å². The van der Waals surface area contributed by atoms with Crippen molar-refractivity contribution in [1.82, 2.24) is 0 Å². The maximum Gasteiger partial charge on any atom is 0.161 e. The molecule has 2 nitrogen and oxygen atoms in total. The van der Waals surface area contributed by atoms with E-state index < -0.39 is 0 Å². The number of halogens is 1. The van der Waals surface area contributed by atoms with Gasteiger partial charge >= 0.3 is 0 Å². The summed E-state index contributed by atoms with van der Waals surface area (Å²) in [5.74, 6) is 1.54. The maximum absolute atomic E-state index is 5.41. The predicted octanol–water partition coefficient (Wildman–Crippen LogP) is 5.12. The van der Waals surface area contributed by atoms with Gasteiger partial charge in [-0.05, 0) is 53.6 Å². The molecule has 1 aromatic heterocycles. The van der Waals surface area contributed by atoms with Gasteiger partial charge < -0.3 is 9.47 Å². The summed E-state index contributed by atoms with van der Waals surface area (Å²) in [5.41, 5.74) is 3.81. The van der Waals surface area contributed by atoms with E-state index in [1.54, 1.807) is 25.6 Å². The highest BCUT2D eigenvalue weighted by Gasteiger charge is 2.19. The zero-order valence-corrected chi connectivity index (χ0v) is 14.6. The average Bonchev–Trinajstić information content (AvgIpc) is 2.94. The van der Waals surface area contributed by atoms with Crippen molar-refractivity contribution in [3.05, 3.63) is 45.1 Å². The first-order valence-electron chi connectivity index (χ1n) is 6.55. The van der Waals surface area contributed by atoms with Crippen LogP contribution in [0.4, 0.5) is 0 Å². The Morgan fingerprint density at radius 2 is 1.85 bits per heavy atom. The van der Waals surface area contributed by atoms with Crippen molar-refractivity contribution in [1.29, 1.82) is 0 Å². The van der Waals surface area contributed by atoms with Gasteiger partial charge in [0.1, 0.15) is 0 Å². The van der Waals surface area contributed by atoms with Gasteiger partial charge in [-0.15, -0.1) is 11.3 Å². The Morgan fingerprint density at radius 1 is 1.20 bits per heavy atom. The molecule has 0 aliphatic rings. The lowest BCUT2D eigenvalue weighted by Crippen LogP contribution is -1.99. The Bertz CT molecular complexity index is 592. The minimum absolute atomic E-state index is 0.192. The van der Waals surface area contributed by atoms with Crippen LogP contribution in [0.2, 0.25) is 0 Å². The molecule has 2 rings (SSSR count). The van der Waals surface area contributed by atoms with E-state index in [4.69, 9.17) is 9.47 Å². The van der Waals surface area contributed by atoms with E-state index in [-0.39, 0.29) is 4.83 Å². The summed E-state index contributed by atoms with van der Waals surface area (Å²) in [5, 5.41) is 2.15. The standard InChI is InChI=1S/C16H19BrO2S/c1-5-11-6-7-20-16(11)15(17)12-9-14(19-4)13(18-3)8-10(12)2/h6-9,15H,5H2,1-4H3. The van der Waals surface area contributed by atoms with Gasteiger partial charge in [-0.2, -0.15) is 0 Å². The molecule has 0 aliphatic heterocycles. The fourth-order valence-corrected chi connectivity index (χ4v) is 4.37. The van der Waals surface area contributed by atoms with Gasteiger partial charge in [0.15, 0.2) is 11.5 Å². The highest BCUT2D eigenvalue weighted by atomic mass is 79.9. The Balaban J connectivity index is 2.46. The second-order valence-electron chi connectivity index (χ2n) is 4.59. The lowest BCUT2D eigenvalue weighted by molar-refractivity contribution is 0.354. The maximum atomic E-state index is 5.41. The number of rotatable bonds is 5. The Hall–Kier alpha value is -1.00. The molecule has 0 N–H and O–H groups in total. The van der Waals surface area contributed by atoms with Crippen LogP contribution >= 0.6 is 27.3 Å². The summed E-state index contributed by atoms with van der Waals surface area (Å²) in [6.45, 7) is 4.29. The van der Waals surface area contributed by atoms with Gasteiger partial charge in [0.05, 0.1) is 19.0 Å². The van der Waals surface area contributed by atoms with Crippen LogP contribution < -0.4 is 9.47 Å². The normalized spacial score (nSPS) is 12.2. The van der Waals surface area contributed by atoms with E-state index in [0.29, 0.717) is 0 Å². The van der Waals surface area contributed by atoms with Crippen LogP contribution in [0.3, 0.4) is 0 Å². The molecule has 108 valence electrons. The molecule has 20 heavy (non-hydrogen) atoms. The molecule has 1 aromatic carbocycles. The topological polar surface area (TPSA) is 18.5 Å². The molecule has 0 bridgehead atoms. The van der Waals surface area contributed by atoms with Gasteiger partial charge in [-0.3, -0.25) is 0 Å². The first-order valence-corrected chi connectivity index (χ1v) is 8.34. The fraction of sp³-hybridized carbons (Fsp3) is 0.375. The smallest absolute Gasteiger partial charge is 0.161 e. The Morgan fingerprint density at radius 3 is 2.45 bits per heavy atom. The van der Waals surface area contributed by atoms with Crippen molar-refractivity contribution in [2.24, 2.45) is 0 Å². The highest BCUT2D eigenvalue weighted by molar-refractivity contribution is 9.09. The minimum Gasteiger partial charge on any atom is -0.493 e. The van der Waals surface area contributed by atoms with Crippen LogP contribution in [0, 0.1) is 6.92 Å². The van der Waals surface area contributed by atoms with Crippen molar-refractivity contribution in [3.8, 4) is 11.5 Å². The molecule has 0 fully saturated rings. The van der Waals surface area contributed by atoms with Gasteiger partial charge in [0, 0.05) is 4.88 Å². The van der Waals surface area contributed by atoms with Crippen LogP contribution in [0.25, 0.3) is 0 Å². The number of methoxy groups -OCH3 is 2. The van der Waals surface area contributed by atoms with Crippen LogP contribution in [0.15, 0.2) is 23.6 Å². The molecule has 0 aliphatic carbocycles.